The van der Waals surface area contributed by atoms with Crippen LogP contribution in [0.4, 0.5) is 0 Å². The van der Waals surface area contributed by atoms with Crippen molar-refractivity contribution >= 4 is 16.8 Å². The van der Waals surface area contributed by atoms with E-state index in [9.17, 15) is 4.79 Å². The van der Waals surface area contributed by atoms with Crippen LogP contribution >= 0.6 is 0 Å². The standard InChI is InChI=1S/C19H27N3O2/c1-3-4-5-19(23)21-14-6-8-15(9-7-14)24-18-11-10-17-16(13(18)2)12-20-22-17/h10-12,14-15H,3-9H2,1-2H3,(H,20,22)(H,21,23). The van der Waals surface area contributed by atoms with E-state index in [0.717, 1.165) is 60.7 Å². The molecule has 0 radical (unpaired) electrons. The largest absolute Gasteiger partial charge is 0.490 e. The molecule has 1 amide bonds. The fraction of sp³-hybridized carbons (Fsp3) is 0.579. The topological polar surface area (TPSA) is 67.0 Å². The number of H-pyrrole nitrogens is 1. The maximum absolute atomic E-state index is 11.8. The summed E-state index contributed by atoms with van der Waals surface area (Å²) in [5.74, 6) is 1.14. The van der Waals surface area contributed by atoms with Crippen molar-refractivity contribution in [2.45, 2.75) is 70.9 Å². The van der Waals surface area contributed by atoms with Crippen molar-refractivity contribution < 1.29 is 9.53 Å². The van der Waals surface area contributed by atoms with Gasteiger partial charge in [0, 0.05) is 23.4 Å². The van der Waals surface area contributed by atoms with Crippen LogP contribution in [0.1, 0.15) is 57.4 Å². The number of aromatic amines is 1. The zero-order valence-electron chi connectivity index (χ0n) is 14.6. The number of unbranched alkanes of at least 4 members (excludes halogenated alkanes) is 1. The van der Waals surface area contributed by atoms with E-state index in [4.69, 9.17) is 4.74 Å². The fourth-order valence-electron chi connectivity index (χ4n) is 3.41. The average Bonchev–Trinajstić information content (AvgIpc) is 3.07. The molecule has 1 aliphatic carbocycles. The van der Waals surface area contributed by atoms with Gasteiger partial charge >= 0.3 is 0 Å². The highest BCUT2D eigenvalue weighted by Gasteiger charge is 2.24. The molecule has 0 bridgehead atoms. The van der Waals surface area contributed by atoms with E-state index in [1.54, 1.807) is 0 Å². The smallest absolute Gasteiger partial charge is 0.220 e. The van der Waals surface area contributed by atoms with Gasteiger partial charge in [0.05, 0.1) is 17.8 Å². The maximum atomic E-state index is 11.8. The normalized spacial score (nSPS) is 20.9. The molecule has 1 heterocycles. The summed E-state index contributed by atoms with van der Waals surface area (Å²) in [6.45, 7) is 4.19. The van der Waals surface area contributed by atoms with Gasteiger partial charge in [0.1, 0.15) is 5.75 Å². The zero-order chi connectivity index (χ0) is 16.9. The van der Waals surface area contributed by atoms with Crippen molar-refractivity contribution in [1.29, 1.82) is 0 Å². The van der Waals surface area contributed by atoms with Crippen molar-refractivity contribution in [3.8, 4) is 5.75 Å². The van der Waals surface area contributed by atoms with E-state index in [0.29, 0.717) is 12.5 Å². The first-order valence-corrected chi connectivity index (χ1v) is 9.06. The second kappa shape index (κ2) is 7.69. The molecule has 0 saturated heterocycles. The summed E-state index contributed by atoms with van der Waals surface area (Å²) in [5.41, 5.74) is 2.18. The Morgan fingerprint density at radius 2 is 2.12 bits per heavy atom. The number of nitrogens with one attached hydrogen (secondary N) is 2. The summed E-state index contributed by atoms with van der Waals surface area (Å²) in [4.78, 5) is 11.8. The van der Waals surface area contributed by atoms with Crippen LogP contribution in [0.2, 0.25) is 0 Å². The summed E-state index contributed by atoms with van der Waals surface area (Å²) in [5, 5.41) is 11.4. The van der Waals surface area contributed by atoms with Crippen molar-refractivity contribution in [2.24, 2.45) is 0 Å². The summed E-state index contributed by atoms with van der Waals surface area (Å²) in [6.07, 6.45) is 8.73. The number of ether oxygens (including phenoxy) is 1. The summed E-state index contributed by atoms with van der Waals surface area (Å²) >= 11 is 0. The van der Waals surface area contributed by atoms with Gasteiger partial charge in [-0.05, 0) is 51.2 Å². The third-order valence-electron chi connectivity index (χ3n) is 4.93. The number of aromatic nitrogens is 2. The van der Waals surface area contributed by atoms with Gasteiger partial charge in [-0.25, -0.2) is 0 Å². The second-order valence-corrected chi connectivity index (χ2v) is 6.78. The molecule has 5 heteroatoms. The van der Waals surface area contributed by atoms with Crippen LogP contribution in [0.3, 0.4) is 0 Å². The zero-order valence-corrected chi connectivity index (χ0v) is 14.6. The lowest BCUT2D eigenvalue weighted by Gasteiger charge is -2.30. The highest BCUT2D eigenvalue weighted by atomic mass is 16.5. The third kappa shape index (κ3) is 3.89. The number of carbonyl (C=O) groups is 1. The molecule has 3 rings (SSSR count). The molecule has 0 aliphatic heterocycles. The van der Waals surface area contributed by atoms with E-state index in [-0.39, 0.29) is 12.0 Å². The lowest BCUT2D eigenvalue weighted by Crippen LogP contribution is -2.39. The van der Waals surface area contributed by atoms with Gasteiger partial charge in [0.25, 0.3) is 0 Å². The first-order valence-electron chi connectivity index (χ1n) is 9.06. The molecule has 1 saturated carbocycles. The number of aryl methyl sites for hydroxylation is 1. The van der Waals surface area contributed by atoms with Crippen LogP contribution in [0, 0.1) is 6.92 Å². The molecule has 24 heavy (non-hydrogen) atoms. The van der Waals surface area contributed by atoms with E-state index in [1.165, 1.54) is 0 Å². The molecular formula is C19H27N3O2. The number of benzene rings is 1. The van der Waals surface area contributed by atoms with Gasteiger partial charge < -0.3 is 10.1 Å². The summed E-state index contributed by atoms with van der Waals surface area (Å²) < 4.78 is 6.23. The fourth-order valence-corrected chi connectivity index (χ4v) is 3.41. The van der Waals surface area contributed by atoms with Crippen LogP contribution < -0.4 is 10.1 Å². The number of hydrogen-bond donors (Lipinski definition) is 2. The Morgan fingerprint density at radius 1 is 1.33 bits per heavy atom. The van der Waals surface area contributed by atoms with Gasteiger partial charge in [-0.3, -0.25) is 9.89 Å². The molecule has 1 aliphatic rings. The van der Waals surface area contributed by atoms with Crippen LogP contribution in [0.15, 0.2) is 18.3 Å². The lowest BCUT2D eigenvalue weighted by molar-refractivity contribution is -0.122. The van der Waals surface area contributed by atoms with Crippen LogP contribution in [0.5, 0.6) is 5.75 Å². The molecule has 130 valence electrons. The molecule has 1 aromatic carbocycles. The minimum atomic E-state index is 0.197. The van der Waals surface area contributed by atoms with Crippen LogP contribution in [-0.4, -0.2) is 28.3 Å². The van der Waals surface area contributed by atoms with Crippen LogP contribution in [0.25, 0.3) is 10.9 Å². The number of amides is 1. The van der Waals surface area contributed by atoms with E-state index < -0.39 is 0 Å². The first kappa shape index (κ1) is 16.8. The first-order chi connectivity index (χ1) is 11.7. The van der Waals surface area contributed by atoms with Gasteiger partial charge in [-0.2, -0.15) is 5.10 Å². The number of carbonyl (C=O) groups excluding carboxylic acids is 1. The Balaban J connectivity index is 1.51. The molecule has 1 fully saturated rings. The molecule has 1 aromatic heterocycles. The van der Waals surface area contributed by atoms with Gasteiger partial charge in [-0.15, -0.1) is 0 Å². The van der Waals surface area contributed by atoms with Crippen molar-refractivity contribution in [1.82, 2.24) is 15.5 Å². The highest BCUT2D eigenvalue weighted by Crippen LogP contribution is 2.30. The Morgan fingerprint density at radius 3 is 2.88 bits per heavy atom. The molecule has 0 atom stereocenters. The SMILES string of the molecule is CCCCC(=O)NC1CCC(Oc2ccc3[nH]ncc3c2C)CC1. The number of nitrogens with zero attached hydrogens (tertiary/aromatic N) is 1. The molecule has 0 unspecified atom stereocenters. The summed E-state index contributed by atoms with van der Waals surface area (Å²) in [7, 11) is 0. The van der Waals surface area contributed by atoms with Crippen molar-refractivity contribution in [3.05, 3.63) is 23.9 Å². The molecule has 2 aromatic rings. The highest BCUT2D eigenvalue weighted by molar-refractivity contribution is 5.83. The van der Waals surface area contributed by atoms with Gasteiger partial charge in [0.2, 0.25) is 5.91 Å². The molecule has 0 spiro atoms. The van der Waals surface area contributed by atoms with Crippen LogP contribution in [-0.2, 0) is 4.79 Å². The third-order valence-corrected chi connectivity index (χ3v) is 4.93. The van der Waals surface area contributed by atoms with E-state index >= 15 is 0 Å². The number of hydrogen-bond acceptors (Lipinski definition) is 3. The van der Waals surface area contributed by atoms with Gasteiger partial charge in [-0.1, -0.05) is 13.3 Å². The summed E-state index contributed by atoms with van der Waals surface area (Å²) in [6, 6.07) is 4.35. The predicted octanol–water partition coefficient (Wildman–Crippen LogP) is 3.87. The van der Waals surface area contributed by atoms with Gasteiger partial charge in [0.15, 0.2) is 0 Å². The van der Waals surface area contributed by atoms with Crippen molar-refractivity contribution in [3.63, 3.8) is 0 Å². The van der Waals surface area contributed by atoms with E-state index in [1.807, 2.05) is 18.3 Å². The molecule has 5 nitrogen and oxygen atoms in total. The van der Waals surface area contributed by atoms with E-state index in [2.05, 4.69) is 29.4 Å². The molecular weight excluding hydrogens is 302 g/mol. The molecule has 2 N–H and O–H groups in total. The number of fused-ring (bicyclic) bond motifs is 1. The quantitative estimate of drug-likeness (QED) is 0.845. The average molecular weight is 329 g/mol. The predicted molar refractivity (Wildman–Crippen MR) is 95.2 cm³/mol. The lowest BCUT2D eigenvalue weighted by atomic mass is 9.92. The minimum Gasteiger partial charge on any atom is -0.490 e. The second-order valence-electron chi connectivity index (χ2n) is 6.78. The Hall–Kier alpha value is -2.04. The minimum absolute atomic E-state index is 0.197. The monoisotopic (exact) mass is 329 g/mol. The Kier molecular flexibility index (Phi) is 5.38. The number of rotatable bonds is 6. The van der Waals surface area contributed by atoms with Crippen molar-refractivity contribution in [2.75, 3.05) is 0 Å². The Labute approximate surface area is 143 Å². The Bertz CT molecular complexity index is 687. The maximum Gasteiger partial charge on any atom is 0.220 e.